The average Bonchev–Trinajstić information content (AvgIpc) is 2.91. The van der Waals surface area contributed by atoms with Gasteiger partial charge >= 0.3 is 0 Å². The zero-order valence-electron chi connectivity index (χ0n) is 8.46. The molecule has 1 fully saturated rings. The maximum Gasteiger partial charge on any atom is 0.171 e. The summed E-state index contributed by atoms with van der Waals surface area (Å²) in [6.45, 7) is 4.26. The van der Waals surface area contributed by atoms with E-state index < -0.39 is 0 Å². The number of halogens is 1. The Morgan fingerprint density at radius 2 is 2.21 bits per heavy atom. The minimum atomic E-state index is 0.370. The summed E-state index contributed by atoms with van der Waals surface area (Å²) in [5, 5.41) is 0.489. The van der Waals surface area contributed by atoms with Gasteiger partial charge in [-0.25, -0.2) is 4.98 Å². The number of hydrogen-bond donors (Lipinski definition) is 0. The molecule has 0 amide bonds. The monoisotopic (exact) mass is 211 g/mol. The molecule has 2 rings (SSSR count). The van der Waals surface area contributed by atoms with Gasteiger partial charge in [-0.1, -0.05) is 25.4 Å². The summed E-state index contributed by atoms with van der Waals surface area (Å²) in [6.07, 6.45) is 4.39. The van der Waals surface area contributed by atoms with Crippen LogP contribution in [0.2, 0.25) is 5.15 Å². The van der Waals surface area contributed by atoms with Gasteiger partial charge in [0, 0.05) is 11.8 Å². The van der Waals surface area contributed by atoms with Crippen molar-refractivity contribution < 1.29 is 4.74 Å². The molecular formula is C11H14ClNO. The van der Waals surface area contributed by atoms with Gasteiger partial charge in [-0.2, -0.15) is 0 Å². The molecule has 1 aromatic heterocycles. The molecule has 0 aromatic carbocycles. The van der Waals surface area contributed by atoms with Gasteiger partial charge in [-0.05, 0) is 24.8 Å². The zero-order valence-corrected chi connectivity index (χ0v) is 9.21. The number of aromatic nitrogens is 1. The van der Waals surface area contributed by atoms with Crippen LogP contribution in [0.25, 0.3) is 0 Å². The normalized spacial score (nSPS) is 16.0. The average molecular weight is 212 g/mol. The van der Waals surface area contributed by atoms with Crippen LogP contribution in [-0.2, 0) is 0 Å². The number of hydrogen-bond acceptors (Lipinski definition) is 2. The molecule has 0 N–H and O–H groups in total. The summed E-state index contributed by atoms with van der Waals surface area (Å²) in [5.74, 6) is 1.20. The lowest BCUT2D eigenvalue weighted by atomic mass is 10.0. The molecule has 3 heteroatoms. The second-order valence-corrected chi connectivity index (χ2v) is 4.35. The third kappa shape index (κ3) is 2.01. The predicted octanol–water partition coefficient (Wildman–Crippen LogP) is 3.40. The lowest BCUT2D eigenvalue weighted by Gasteiger charge is -2.13. The van der Waals surface area contributed by atoms with Gasteiger partial charge in [-0.3, -0.25) is 0 Å². The highest BCUT2D eigenvalue weighted by molar-refractivity contribution is 6.30. The Balaban J connectivity index is 2.31. The molecule has 1 aliphatic carbocycles. The van der Waals surface area contributed by atoms with Gasteiger partial charge < -0.3 is 4.74 Å². The summed E-state index contributed by atoms with van der Waals surface area (Å²) in [7, 11) is 0. The van der Waals surface area contributed by atoms with Crippen LogP contribution < -0.4 is 4.74 Å². The first kappa shape index (κ1) is 9.78. The standard InChI is InChI=1S/C11H14ClNO/c1-7(2)9-5-6-13-11(12)10(9)14-8-3-4-8/h5-8H,3-4H2,1-2H3. The molecule has 0 bridgehead atoms. The van der Waals surface area contributed by atoms with Gasteiger partial charge in [0.2, 0.25) is 0 Å². The smallest absolute Gasteiger partial charge is 0.171 e. The summed E-state index contributed by atoms with van der Waals surface area (Å²) < 4.78 is 5.75. The SMILES string of the molecule is CC(C)c1ccnc(Cl)c1OC1CC1. The molecule has 1 aliphatic rings. The third-order valence-corrected chi connectivity index (χ3v) is 2.59. The Kier molecular flexibility index (Phi) is 2.64. The maximum atomic E-state index is 6.01. The van der Waals surface area contributed by atoms with Gasteiger partial charge in [0.25, 0.3) is 0 Å². The largest absolute Gasteiger partial charge is 0.487 e. The molecule has 0 spiro atoms. The Labute approximate surface area is 89.3 Å². The van der Waals surface area contributed by atoms with Gasteiger partial charge in [-0.15, -0.1) is 0 Å². The van der Waals surface area contributed by atoms with Crippen LogP contribution in [0.4, 0.5) is 0 Å². The molecule has 0 atom stereocenters. The van der Waals surface area contributed by atoms with Crippen molar-refractivity contribution in [1.82, 2.24) is 4.98 Å². The number of rotatable bonds is 3. The maximum absolute atomic E-state index is 6.01. The van der Waals surface area contributed by atoms with Crippen molar-refractivity contribution in [3.05, 3.63) is 23.0 Å². The van der Waals surface area contributed by atoms with Crippen LogP contribution in [0.1, 0.15) is 38.2 Å². The van der Waals surface area contributed by atoms with Crippen LogP contribution in [0.5, 0.6) is 5.75 Å². The quantitative estimate of drug-likeness (QED) is 0.715. The van der Waals surface area contributed by atoms with Gasteiger partial charge in [0.15, 0.2) is 10.9 Å². The Morgan fingerprint density at radius 3 is 2.79 bits per heavy atom. The van der Waals surface area contributed by atoms with E-state index >= 15 is 0 Å². The fourth-order valence-corrected chi connectivity index (χ4v) is 1.57. The van der Waals surface area contributed by atoms with E-state index in [9.17, 15) is 0 Å². The van der Waals surface area contributed by atoms with Crippen molar-refractivity contribution >= 4 is 11.6 Å². The summed E-state index contributed by atoms with van der Waals surface area (Å²) in [6, 6.07) is 1.98. The lowest BCUT2D eigenvalue weighted by molar-refractivity contribution is 0.298. The minimum absolute atomic E-state index is 0.370. The highest BCUT2D eigenvalue weighted by atomic mass is 35.5. The summed E-state index contributed by atoms with van der Waals surface area (Å²) in [4.78, 5) is 4.04. The minimum Gasteiger partial charge on any atom is -0.487 e. The van der Waals surface area contributed by atoms with Crippen molar-refractivity contribution in [1.29, 1.82) is 0 Å². The van der Waals surface area contributed by atoms with Crippen molar-refractivity contribution in [3.8, 4) is 5.75 Å². The van der Waals surface area contributed by atoms with E-state index in [1.54, 1.807) is 6.20 Å². The molecular weight excluding hydrogens is 198 g/mol. The van der Waals surface area contributed by atoms with E-state index in [-0.39, 0.29) is 0 Å². The van der Waals surface area contributed by atoms with Crippen molar-refractivity contribution in [2.24, 2.45) is 0 Å². The second kappa shape index (κ2) is 3.77. The van der Waals surface area contributed by atoms with Crippen molar-refractivity contribution in [2.75, 3.05) is 0 Å². The molecule has 1 heterocycles. The fraction of sp³-hybridized carbons (Fsp3) is 0.545. The van der Waals surface area contributed by atoms with Gasteiger partial charge in [0.1, 0.15) is 0 Å². The van der Waals surface area contributed by atoms with Crippen molar-refractivity contribution in [2.45, 2.75) is 38.7 Å². The number of ether oxygens (including phenoxy) is 1. The molecule has 0 radical (unpaired) electrons. The van der Waals surface area contributed by atoms with Crippen molar-refractivity contribution in [3.63, 3.8) is 0 Å². The lowest BCUT2D eigenvalue weighted by Crippen LogP contribution is -2.02. The molecule has 1 saturated carbocycles. The van der Waals surface area contributed by atoms with Crippen LogP contribution in [-0.4, -0.2) is 11.1 Å². The molecule has 0 unspecified atom stereocenters. The molecule has 76 valence electrons. The van der Waals surface area contributed by atoms with E-state index in [0.29, 0.717) is 17.2 Å². The van der Waals surface area contributed by atoms with Crippen LogP contribution in [0, 0.1) is 0 Å². The molecule has 0 aliphatic heterocycles. The van der Waals surface area contributed by atoms with E-state index in [1.165, 1.54) is 0 Å². The predicted molar refractivity (Wildman–Crippen MR) is 57.0 cm³/mol. The highest BCUT2D eigenvalue weighted by Crippen LogP contribution is 2.36. The van der Waals surface area contributed by atoms with Gasteiger partial charge in [0.05, 0.1) is 6.10 Å². The topological polar surface area (TPSA) is 22.1 Å². The fourth-order valence-electron chi connectivity index (χ4n) is 1.36. The molecule has 1 aromatic rings. The second-order valence-electron chi connectivity index (χ2n) is 3.99. The van der Waals surface area contributed by atoms with Crippen LogP contribution >= 0.6 is 11.6 Å². The van der Waals surface area contributed by atoms with E-state index in [0.717, 1.165) is 24.2 Å². The number of pyridine rings is 1. The van der Waals surface area contributed by atoms with E-state index in [1.807, 2.05) is 6.07 Å². The first-order chi connectivity index (χ1) is 6.68. The first-order valence-electron chi connectivity index (χ1n) is 4.99. The number of nitrogens with zero attached hydrogens (tertiary/aromatic N) is 1. The summed E-state index contributed by atoms with van der Waals surface area (Å²) >= 11 is 6.01. The van der Waals surface area contributed by atoms with E-state index in [2.05, 4.69) is 18.8 Å². The Bertz CT molecular complexity index is 334. The van der Waals surface area contributed by atoms with Crippen LogP contribution in [0.15, 0.2) is 12.3 Å². The Morgan fingerprint density at radius 1 is 1.50 bits per heavy atom. The van der Waals surface area contributed by atoms with Crippen LogP contribution in [0.3, 0.4) is 0 Å². The molecule has 2 nitrogen and oxygen atoms in total. The summed E-state index contributed by atoms with van der Waals surface area (Å²) in [5.41, 5.74) is 1.15. The third-order valence-electron chi connectivity index (χ3n) is 2.32. The Hall–Kier alpha value is -0.760. The van der Waals surface area contributed by atoms with E-state index in [4.69, 9.17) is 16.3 Å². The zero-order chi connectivity index (χ0) is 10.1. The molecule has 14 heavy (non-hydrogen) atoms. The first-order valence-corrected chi connectivity index (χ1v) is 5.37. The highest BCUT2D eigenvalue weighted by Gasteiger charge is 2.26. The molecule has 0 saturated heterocycles.